The minimum atomic E-state index is -3.82. The van der Waals surface area contributed by atoms with Crippen LogP contribution < -0.4 is 0 Å². The fourth-order valence-corrected chi connectivity index (χ4v) is 4.86. The molecule has 1 aromatic carbocycles. The first-order valence-electron chi connectivity index (χ1n) is 7.96. The van der Waals surface area contributed by atoms with Gasteiger partial charge >= 0.3 is 5.97 Å². The van der Waals surface area contributed by atoms with E-state index in [0.29, 0.717) is 31.7 Å². The highest BCUT2D eigenvalue weighted by Crippen LogP contribution is 2.26. The molecule has 0 aliphatic carbocycles. The number of hydrogen-bond donors (Lipinski definition) is 0. The Hall–Kier alpha value is -2.04. The molecule has 25 heavy (non-hydrogen) atoms. The number of benzene rings is 1. The third kappa shape index (κ3) is 3.37. The Balaban J connectivity index is 1.77. The summed E-state index contributed by atoms with van der Waals surface area (Å²) in [7, 11) is -3.82. The number of sulfonamides is 1. The molecular weight excluding hydrogens is 350 g/mol. The minimum Gasteiger partial charge on any atom is -0.464 e. The van der Waals surface area contributed by atoms with E-state index >= 15 is 0 Å². The van der Waals surface area contributed by atoms with E-state index in [4.69, 9.17) is 4.74 Å². The lowest BCUT2D eigenvalue weighted by Gasteiger charge is -2.35. The molecule has 9 nitrogen and oxygen atoms in total. The van der Waals surface area contributed by atoms with Gasteiger partial charge in [-0.05, 0) is 12.5 Å². The maximum atomic E-state index is 12.9. The van der Waals surface area contributed by atoms with Gasteiger partial charge in [0, 0.05) is 44.7 Å². The van der Waals surface area contributed by atoms with Crippen LogP contribution in [-0.4, -0.2) is 67.3 Å². The molecule has 2 aliphatic heterocycles. The van der Waals surface area contributed by atoms with Crippen molar-refractivity contribution in [2.24, 2.45) is 0 Å². The van der Waals surface area contributed by atoms with Gasteiger partial charge in [0.15, 0.2) is 0 Å². The Labute approximate surface area is 145 Å². The predicted octanol–water partition coefficient (Wildman–Crippen LogP) is 0.525. The summed E-state index contributed by atoms with van der Waals surface area (Å²) in [6.45, 7) is 3.32. The van der Waals surface area contributed by atoms with E-state index < -0.39 is 14.9 Å². The van der Waals surface area contributed by atoms with E-state index in [1.807, 2.05) is 4.90 Å². The third-order valence-electron chi connectivity index (χ3n) is 4.62. The molecule has 2 fully saturated rings. The first-order valence-corrected chi connectivity index (χ1v) is 9.40. The molecule has 0 N–H and O–H groups in total. The van der Waals surface area contributed by atoms with Crippen molar-refractivity contribution in [3.63, 3.8) is 0 Å². The van der Waals surface area contributed by atoms with Crippen LogP contribution in [0.2, 0.25) is 0 Å². The van der Waals surface area contributed by atoms with Gasteiger partial charge in [-0.3, -0.25) is 19.8 Å². The highest BCUT2D eigenvalue weighted by Gasteiger charge is 2.37. The fraction of sp³-hybridized carbons (Fsp3) is 0.533. The van der Waals surface area contributed by atoms with Gasteiger partial charge in [0.25, 0.3) is 5.69 Å². The molecule has 1 aromatic rings. The summed E-state index contributed by atoms with van der Waals surface area (Å²) in [5, 5.41) is 10.9. The lowest BCUT2D eigenvalue weighted by atomic mass is 10.2. The molecular formula is C15H19N3O6S. The number of esters is 1. The SMILES string of the molecule is Cc1ccc([N+](=O)[O-])cc1S(=O)(=O)N1CCN([C@H]2CCOC2=O)CC1. The molecule has 0 amide bonds. The molecule has 0 aromatic heterocycles. The second kappa shape index (κ2) is 6.70. The molecule has 0 bridgehead atoms. The second-order valence-corrected chi connectivity index (χ2v) is 8.03. The van der Waals surface area contributed by atoms with Crippen LogP contribution in [0.4, 0.5) is 5.69 Å². The zero-order valence-electron chi connectivity index (χ0n) is 13.8. The highest BCUT2D eigenvalue weighted by molar-refractivity contribution is 7.89. The molecule has 0 radical (unpaired) electrons. The Morgan fingerprint density at radius 3 is 2.48 bits per heavy atom. The summed E-state index contributed by atoms with van der Waals surface area (Å²) in [6, 6.07) is 3.53. The van der Waals surface area contributed by atoms with E-state index in [1.165, 1.54) is 16.4 Å². The normalized spacial score (nSPS) is 22.8. The van der Waals surface area contributed by atoms with Crippen molar-refractivity contribution in [3.8, 4) is 0 Å². The molecule has 136 valence electrons. The Morgan fingerprint density at radius 1 is 1.24 bits per heavy atom. The van der Waals surface area contributed by atoms with Gasteiger partial charge in [0.05, 0.1) is 16.4 Å². The van der Waals surface area contributed by atoms with Gasteiger partial charge in [-0.25, -0.2) is 8.42 Å². The molecule has 0 saturated carbocycles. The monoisotopic (exact) mass is 369 g/mol. The largest absolute Gasteiger partial charge is 0.464 e. The summed E-state index contributed by atoms with van der Waals surface area (Å²) in [5.74, 6) is -0.258. The number of nitro benzene ring substituents is 1. The van der Waals surface area contributed by atoms with Crippen LogP contribution in [0, 0.1) is 17.0 Å². The first-order chi connectivity index (χ1) is 11.8. The Morgan fingerprint density at radius 2 is 1.92 bits per heavy atom. The standard InChI is InChI=1S/C15H19N3O6S/c1-11-2-3-12(18(20)21)10-14(11)25(22,23)17-7-5-16(6-8-17)13-4-9-24-15(13)19/h2-3,10,13H,4-9H2,1H3/t13-/m0/s1. The first kappa shape index (κ1) is 17.8. The molecule has 2 saturated heterocycles. The molecule has 0 spiro atoms. The molecule has 3 rings (SSSR count). The number of ether oxygens (including phenoxy) is 1. The predicted molar refractivity (Wildman–Crippen MR) is 87.5 cm³/mol. The lowest BCUT2D eigenvalue weighted by Crippen LogP contribution is -2.53. The number of carbonyl (C=O) groups is 1. The van der Waals surface area contributed by atoms with Crippen LogP contribution in [0.1, 0.15) is 12.0 Å². The maximum Gasteiger partial charge on any atom is 0.323 e. The van der Waals surface area contributed by atoms with Gasteiger partial charge in [-0.2, -0.15) is 4.31 Å². The van der Waals surface area contributed by atoms with Crippen LogP contribution in [-0.2, 0) is 19.6 Å². The smallest absolute Gasteiger partial charge is 0.323 e. The quantitative estimate of drug-likeness (QED) is 0.432. The van der Waals surface area contributed by atoms with E-state index in [1.54, 1.807) is 6.92 Å². The molecule has 0 unspecified atom stereocenters. The van der Waals surface area contributed by atoms with E-state index in [9.17, 15) is 23.3 Å². The number of nitro groups is 1. The Kier molecular flexibility index (Phi) is 4.76. The topological polar surface area (TPSA) is 110 Å². The number of cyclic esters (lactones) is 1. The summed E-state index contributed by atoms with van der Waals surface area (Å²) in [5.41, 5.74) is 0.212. The number of carbonyl (C=O) groups excluding carboxylic acids is 1. The van der Waals surface area contributed by atoms with Crippen LogP contribution in [0.15, 0.2) is 23.1 Å². The highest BCUT2D eigenvalue weighted by atomic mass is 32.2. The second-order valence-electron chi connectivity index (χ2n) is 6.12. The van der Waals surface area contributed by atoms with E-state index in [-0.39, 0.29) is 35.7 Å². The molecule has 1 atom stereocenters. The molecule has 2 heterocycles. The van der Waals surface area contributed by atoms with Gasteiger partial charge in [0.1, 0.15) is 6.04 Å². The average Bonchev–Trinajstić information content (AvgIpc) is 3.01. The molecule has 2 aliphatic rings. The summed E-state index contributed by atoms with van der Waals surface area (Å²) in [6.07, 6.45) is 0.621. The van der Waals surface area contributed by atoms with Gasteiger partial charge in [-0.15, -0.1) is 0 Å². The van der Waals surface area contributed by atoms with Crippen molar-refractivity contribution in [1.82, 2.24) is 9.21 Å². The minimum absolute atomic E-state index is 0.0459. The number of piperazine rings is 1. The number of nitrogens with zero attached hydrogens (tertiary/aromatic N) is 3. The summed E-state index contributed by atoms with van der Waals surface area (Å²) < 4.78 is 32.0. The van der Waals surface area contributed by atoms with Crippen molar-refractivity contribution >= 4 is 21.7 Å². The Bertz CT molecular complexity index is 801. The van der Waals surface area contributed by atoms with Gasteiger partial charge < -0.3 is 4.74 Å². The van der Waals surface area contributed by atoms with Gasteiger partial charge in [0.2, 0.25) is 10.0 Å². The number of non-ortho nitro benzene ring substituents is 1. The summed E-state index contributed by atoms with van der Waals surface area (Å²) >= 11 is 0. The fourth-order valence-electron chi connectivity index (χ4n) is 3.19. The lowest BCUT2D eigenvalue weighted by molar-refractivity contribution is -0.385. The average molecular weight is 369 g/mol. The van der Waals surface area contributed by atoms with E-state index in [0.717, 1.165) is 6.07 Å². The van der Waals surface area contributed by atoms with Crippen LogP contribution in [0.25, 0.3) is 0 Å². The van der Waals surface area contributed by atoms with Crippen LogP contribution in [0.5, 0.6) is 0 Å². The number of hydrogen-bond acceptors (Lipinski definition) is 7. The van der Waals surface area contributed by atoms with Crippen molar-refractivity contribution in [3.05, 3.63) is 33.9 Å². The van der Waals surface area contributed by atoms with Crippen molar-refractivity contribution < 1.29 is 22.9 Å². The number of rotatable bonds is 4. The van der Waals surface area contributed by atoms with Crippen LogP contribution in [0.3, 0.4) is 0 Å². The van der Waals surface area contributed by atoms with E-state index in [2.05, 4.69) is 0 Å². The summed E-state index contributed by atoms with van der Waals surface area (Å²) in [4.78, 5) is 23.9. The van der Waals surface area contributed by atoms with Crippen molar-refractivity contribution in [2.45, 2.75) is 24.3 Å². The maximum absolute atomic E-state index is 12.9. The van der Waals surface area contributed by atoms with Crippen molar-refractivity contribution in [2.75, 3.05) is 32.8 Å². The number of aryl methyl sites for hydroxylation is 1. The molecule has 10 heteroatoms. The zero-order chi connectivity index (χ0) is 18.2. The zero-order valence-corrected chi connectivity index (χ0v) is 14.6. The van der Waals surface area contributed by atoms with Gasteiger partial charge in [-0.1, -0.05) is 6.07 Å². The van der Waals surface area contributed by atoms with Crippen molar-refractivity contribution in [1.29, 1.82) is 0 Å². The third-order valence-corrected chi connectivity index (χ3v) is 6.66. The van der Waals surface area contributed by atoms with Crippen LogP contribution >= 0.6 is 0 Å².